The SMILES string of the molecule is COc1cc2cc(Cc3cc([N+](=O)[O-])c4n(c3=O)CCN4)c(Cl)nc2cc1OC. The van der Waals surface area contributed by atoms with E-state index in [1.807, 2.05) is 0 Å². The molecule has 10 heteroatoms. The maximum absolute atomic E-state index is 12.8. The zero-order valence-electron chi connectivity index (χ0n) is 15.7. The predicted molar refractivity (Wildman–Crippen MR) is 109 cm³/mol. The van der Waals surface area contributed by atoms with Gasteiger partial charge < -0.3 is 14.8 Å². The van der Waals surface area contributed by atoms with Crippen molar-refractivity contribution in [2.45, 2.75) is 13.0 Å². The molecule has 0 spiro atoms. The van der Waals surface area contributed by atoms with Crippen LogP contribution in [0.4, 0.5) is 11.5 Å². The Labute approximate surface area is 170 Å². The van der Waals surface area contributed by atoms with Crippen molar-refractivity contribution in [2.75, 3.05) is 26.1 Å². The number of hydrogen-bond donors (Lipinski definition) is 1. The van der Waals surface area contributed by atoms with Crippen LogP contribution < -0.4 is 20.3 Å². The van der Waals surface area contributed by atoms with E-state index in [1.54, 1.807) is 18.2 Å². The second-order valence-electron chi connectivity index (χ2n) is 6.56. The van der Waals surface area contributed by atoms with Gasteiger partial charge in [-0.3, -0.25) is 19.5 Å². The molecular formula is C19H17ClN4O5. The van der Waals surface area contributed by atoms with Crippen LogP contribution in [0.25, 0.3) is 10.9 Å². The van der Waals surface area contributed by atoms with Gasteiger partial charge in [-0.2, -0.15) is 0 Å². The average Bonchev–Trinajstić information content (AvgIpc) is 3.19. The van der Waals surface area contributed by atoms with Crippen molar-refractivity contribution in [2.24, 2.45) is 0 Å². The molecule has 1 aliphatic rings. The third kappa shape index (κ3) is 3.23. The van der Waals surface area contributed by atoms with Gasteiger partial charge in [0.2, 0.25) is 0 Å². The third-order valence-corrected chi connectivity index (χ3v) is 5.22. The normalized spacial score (nSPS) is 12.5. The monoisotopic (exact) mass is 416 g/mol. The molecule has 3 aromatic rings. The predicted octanol–water partition coefficient (Wildman–Crippen LogP) is 2.99. The Balaban J connectivity index is 1.82. The molecule has 3 heterocycles. The Morgan fingerprint density at radius 1 is 1.21 bits per heavy atom. The molecule has 1 N–H and O–H groups in total. The lowest BCUT2D eigenvalue weighted by atomic mass is 10.0. The minimum absolute atomic E-state index is 0.121. The van der Waals surface area contributed by atoms with Gasteiger partial charge in [0.1, 0.15) is 5.15 Å². The first-order valence-electron chi connectivity index (χ1n) is 8.79. The molecule has 0 bridgehead atoms. The zero-order chi connectivity index (χ0) is 20.7. The smallest absolute Gasteiger partial charge is 0.310 e. The quantitative estimate of drug-likeness (QED) is 0.387. The molecule has 29 heavy (non-hydrogen) atoms. The first-order valence-corrected chi connectivity index (χ1v) is 9.17. The summed E-state index contributed by atoms with van der Waals surface area (Å²) in [6.45, 7) is 0.850. The number of nitro groups is 1. The Morgan fingerprint density at radius 3 is 2.62 bits per heavy atom. The van der Waals surface area contributed by atoms with Crippen LogP contribution in [-0.2, 0) is 13.0 Å². The van der Waals surface area contributed by atoms with Crippen LogP contribution in [0.15, 0.2) is 29.1 Å². The maximum Gasteiger partial charge on any atom is 0.310 e. The van der Waals surface area contributed by atoms with E-state index >= 15 is 0 Å². The molecule has 0 fully saturated rings. The fourth-order valence-corrected chi connectivity index (χ4v) is 3.72. The summed E-state index contributed by atoms with van der Waals surface area (Å²) in [4.78, 5) is 28.1. The van der Waals surface area contributed by atoms with Crippen molar-refractivity contribution >= 4 is 34.0 Å². The number of nitrogens with one attached hydrogen (secondary N) is 1. The molecule has 1 aliphatic heterocycles. The van der Waals surface area contributed by atoms with Gasteiger partial charge in [-0.25, -0.2) is 4.98 Å². The van der Waals surface area contributed by atoms with Crippen LogP contribution in [-0.4, -0.2) is 35.2 Å². The van der Waals surface area contributed by atoms with E-state index in [2.05, 4.69) is 10.3 Å². The highest BCUT2D eigenvalue weighted by Gasteiger charge is 2.26. The van der Waals surface area contributed by atoms with E-state index in [0.29, 0.717) is 35.7 Å². The Bertz CT molecular complexity index is 1210. The van der Waals surface area contributed by atoms with Crippen molar-refractivity contribution in [3.05, 3.63) is 61.0 Å². The molecule has 9 nitrogen and oxygen atoms in total. The summed E-state index contributed by atoms with van der Waals surface area (Å²) >= 11 is 6.36. The number of hydrogen-bond acceptors (Lipinski definition) is 7. The number of methoxy groups -OCH3 is 2. The fourth-order valence-electron chi connectivity index (χ4n) is 3.51. The van der Waals surface area contributed by atoms with Gasteiger partial charge in [0.15, 0.2) is 17.3 Å². The molecule has 4 rings (SSSR count). The summed E-state index contributed by atoms with van der Waals surface area (Å²) in [5.74, 6) is 1.30. The van der Waals surface area contributed by atoms with Crippen molar-refractivity contribution in [1.29, 1.82) is 0 Å². The van der Waals surface area contributed by atoms with Crippen LogP contribution in [0.5, 0.6) is 11.5 Å². The Kier molecular flexibility index (Phi) is 4.75. The van der Waals surface area contributed by atoms with Crippen molar-refractivity contribution < 1.29 is 14.4 Å². The first kappa shape index (κ1) is 19.0. The molecule has 0 unspecified atom stereocenters. The Morgan fingerprint density at radius 2 is 1.93 bits per heavy atom. The van der Waals surface area contributed by atoms with E-state index in [9.17, 15) is 14.9 Å². The summed E-state index contributed by atoms with van der Waals surface area (Å²) in [5.41, 5.74) is 1.07. The Hall–Kier alpha value is -3.33. The zero-order valence-corrected chi connectivity index (χ0v) is 16.4. The van der Waals surface area contributed by atoms with E-state index < -0.39 is 4.92 Å². The number of halogens is 1. The summed E-state index contributed by atoms with van der Waals surface area (Å²) in [5, 5.41) is 15.3. The van der Waals surface area contributed by atoms with Crippen molar-refractivity contribution in [3.63, 3.8) is 0 Å². The number of ether oxygens (including phenoxy) is 2. The van der Waals surface area contributed by atoms with E-state index in [-0.39, 0.29) is 34.2 Å². The van der Waals surface area contributed by atoms with Gasteiger partial charge in [0.25, 0.3) is 5.56 Å². The van der Waals surface area contributed by atoms with Gasteiger partial charge in [-0.05, 0) is 17.7 Å². The molecule has 150 valence electrons. The summed E-state index contributed by atoms with van der Waals surface area (Å²) in [6, 6.07) is 6.59. The molecular weight excluding hydrogens is 400 g/mol. The van der Waals surface area contributed by atoms with Crippen LogP contribution >= 0.6 is 11.6 Å². The fraction of sp³-hybridized carbons (Fsp3) is 0.263. The maximum atomic E-state index is 12.8. The highest BCUT2D eigenvalue weighted by atomic mass is 35.5. The number of anilines is 1. The average molecular weight is 417 g/mol. The highest BCUT2D eigenvalue weighted by Crippen LogP contribution is 2.34. The van der Waals surface area contributed by atoms with Crippen molar-refractivity contribution in [1.82, 2.24) is 9.55 Å². The largest absolute Gasteiger partial charge is 0.493 e. The molecule has 0 aliphatic carbocycles. The van der Waals surface area contributed by atoms with E-state index in [1.165, 1.54) is 24.9 Å². The lowest BCUT2D eigenvalue weighted by Gasteiger charge is -2.11. The van der Waals surface area contributed by atoms with Crippen LogP contribution in [0, 0.1) is 10.1 Å². The van der Waals surface area contributed by atoms with Crippen LogP contribution in [0.3, 0.4) is 0 Å². The van der Waals surface area contributed by atoms with E-state index in [0.717, 1.165) is 5.39 Å². The number of fused-ring (bicyclic) bond motifs is 2. The van der Waals surface area contributed by atoms with E-state index in [4.69, 9.17) is 21.1 Å². The third-order valence-electron chi connectivity index (χ3n) is 4.89. The van der Waals surface area contributed by atoms with Gasteiger partial charge in [0, 0.05) is 42.6 Å². The molecule has 0 saturated carbocycles. The number of aromatic nitrogens is 2. The second kappa shape index (κ2) is 7.25. The number of pyridine rings is 2. The highest BCUT2D eigenvalue weighted by molar-refractivity contribution is 6.30. The minimum Gasteiger partial charge on any atom is -0.493 e. The molecule has 0 radical (unpaired) electrons. The minimum atomic E-state index is -0.496. The van der Waals surface area contributed by atoms with Crippen LogP contribution in [0.2, 0.25) is 5.15 Å². The second-order valence-corrected chi connectivity index (χ2v) is 6.92. The molecule has 0 atom stereocenters. The first-order chi connectivity index (χ1) is 13.9. The van der Waals surface area contributed by atoms with Gasteiger partial charge in [-0.15, -0.1) is 0 Å². The standard InChI is InChI=1S/C19H17ClN4O5/c1-28-15-8-10-5-11(17(20)22-13(10)9-16(15)29-2)6-12-7-14(24(26)27)18-21-3-4-23(18)19(12)25/h5,7-9,21H,3-4,6H2,1-2H3. The van der Waals surface area contributed by atoms with Crippen molar-refractivity contribution in [3.8, 4) is 11.5 Å². The molecule has 0 saturated heterocycles. The molecule has 1 aromatic carbocycles. The topological polar surface area (TPSA) is 109 Å². The molecule has 2 aromatic heterocycles. The lowest BCUT2D eigenvalue weighted by molar-refractivity contribution is -0.384. The number of rotatable bonds is 5. The van der Waals surface area contributed by atoms with Gasteiger partial charge >= 0.3 is 5.69 Å². The van der Waals surface area contributed by atoms with Gasteiger partial charge in [0.05, 0.1) is 24.7 Å². The molecule has 0 amide bonds. The summed E-state index contributed by atoms with van der Waals surface area (Å²) < 4.78 is 12.0. The summed E-state index contributed by atoms with van der Waals surface area (Å²) in [6.07, 6.45) is 0.121. The lowest BCUT2D eigenvalue weighted by Crippen LogP contribution is -2.23. The summed E-state index contributed by atoms with van der Waals surface area (Å²) in [7, 11) is 3.06. The van der Waals surface area contributed by atoms with Crippen LogP contribution in [0.1, 0.15) is 11.1 Å². The number of benzene rings is 1. The van der Waals surface area contributed by atoms with Gasteiger partial charge in [-0.1, -0.05) is 11.6 Å². The number of nitrogens with zero attached hydrogens (tertiary/aromatic N) is 3.